The average Bonchev–Trinajstić information content (AvgIpc) is 3.07. The minimum Gasteiger partial charge on any atom is -0.314 e. The second-order valence-corrected chi connectivity index (χ2v) is 5.78. The van der Waals surface area contributed by atoms with Crippen LogP contribution in [0.15, 0.2) is 6.33 Å². The zero-order valence-electron chi connectivity index (χ0n) is 12.1. The Balaban J connectivity index is 2.05. The summed E-state index contributed by atoms with van der Waals surface area (Å²) in [6.45, 7) is 9.90. The van der Waals surface area contributed by atoms with Crippen molar-refractivity contribution in [3.63, 3.8) is 0 Å². The molecule has 18 heavy (non-hydrogen) atoms. The fraction of sp³-hybridized carbons (Fsp3) is 0.857. The molecule has 102 valence electrons. The van der Waals surface area contributed by atoms with Gasteiger partial charge in [0.05, 0.1) is 0 Å². The summed E-state index contributed by atoms with van der Waals surface area (Å²) in [5.74, 6) is 2.77. The van der Waals surface area contributed by atoms with Gasteiger partial charge in [0.2, 0.25) is 0 Å². The molecule has 1 aliphatic rings. The lowest BCUT2D eigenvalue weighted by atomic mass is 9.93. The molecule has 4 nitrogen and oxygen atoms in total. The van der Waals surface area contributed by atoms with Crippen molar-refractivity contribution in [3.8, 4) is 0 Å². The monoisotopic (exact) mass is 250 g/mol. The Hall–Kier alpha value is -0.900. The lowest BCUT2D eigenvalue weighted by Crippen LogP contribution is -2.38. The Labute approximate surface area is 110 Å². The molecule has 1 aromatic rings. The quantitative estimate of drug-likeness (QED) is 0.808. The molecule has 2 atom stereocenters. The molecule has 0 saturated heterocycles. The number of rotatable bonds is 7. The largest absolute Gasteiger partial charge is 0.314 e. The lowest BCUT2D eigenvalue weighted by Gasteiger charge is -2.25. The van der Waals surface area contributed by atoms with Crippen LogP contribution < -0.4 is 5.32 Å². The molecule has 0 aliphatic heterocycles. The van der Waals surface area contributed by atoms with E-state index in [1.165, 1.54) is 12.8 Å². The van der Waals surface area contributed by atoms with Crippen LogP contribution in [0.2, 0.25) is 0 Å². The number of hydrogen-bond donors (Lipinski definition) is 1. The van der Waals surface area contributed by atoms with Gasteiger partial charge in [0, 0.05) is 18.5 Å². The summed E-state index contributed by atoms with van der Waals surface area (Å²) in [5.41, 5.74) is 0. The molecule has 0 bridgehead atoms. The van der Waals surface area contributed by atoms with Crippen LogP contribution >= 0.6 is 0 Å². The lowest BCUT2D eigenvalue weighted by molar-refractivity contribution is 0.333. The molecule has 2 unspecified atom stereocenters. The van der Waals surface area contributed by atoms with E-state index < -0.39 is 0 Å². The van der Waals surface area contributed by atoms with Crippen molar-refractivity contribution in [1.29, 1.82) is 0 Å². The van der Waals surface area contributed by atoms with Gasteiger partial charge in [-0.05, 0) is 45.1 Å². The van der Waals surface area contributed by atoms with Crippen LogP contribution in [-0.4, -0.2) is 27.4 Å². The van der Waals surface area contributed by atoms with Crippen LogP contribution in [0.5, 0.6) is 0 Å². The Bertz CT molecular complexity index is 368. The van der Waals surface area contributed by atoms with Crippen molar-refractivity contribution in [2.24, 2.45) is 11.8 Å². The number of hydrogen-bond acceptors (Lipinski definition) is 3. The molecule has 1 aromatic heterocycles. The highest BCUT2D eigenvalue weighted by molar-refractivity contribution is 4.96. The van der Waals surface area contributed by atoms with E-state index in [2.05, 4.69) is 43.1 Å². The summed E-state index contributed by atoms with van der Waals surface area (Å²) >= 11 is 0. The molecule has 0 radical (unpaired) electrons. The molecule has 4 heteroatoms. The number of nitrogens with zero attached hydrogens (tertiary/aromatic N) is 3. The van der Waals surface area contributed by atoms with Gasteiger partial charge < -0.3 is 5.32 Å². The fourth-order valence-electron chi connectivity index (χ4n) is 2.70. The molecular weight excluding hydrogens is 224 g/mol. The third kappa shape index (κ3) is 3.10. The van der Waals surface area contributed by atoms with Crippen molar-refractivity contribution < 1.29 is 0 Å². The molecule has 1 N–H and O–H groups in total. The molecule has 0 aromatic carbocycles. The third-order valence-electron chi connectivity index (χ3n) is 4.01. The van der Waals surface area contributed by atoms with Crippen LogP contribution in [0, 0.1) is 11.8 Å². The van der Waals surface area contributed by atoms with Gasteiger partial charge in [0.1, 0.15) is 12.2 Å². The Morgan fingerprint density at radius 3 is 2.67 bits per heavy atom. The van der Waals surface area contributed by atoms with E-state index in [9.17, 15) is 0 Å². The molecular formula is C14H26N4. The predicted molar refractivity (Wildman–Crippen MR) is 73.5 cm³/mol. The van der Waals surface area contributed by atoms with Gasteiger partial charge in [-0.25, -0.2) is 9.67 Å². The van der Waals surface area contributed by atoms with Crippen molar-refractivity contribution in [2.75, 3.05) is 6.54 Å². The second-order valence-electron chi connectivity index (χ2n) is 5.78. The first kappa shape index (κ1) is 13.5. The standard InChI is InChI=1S/C14H26N4/c1-5-15-13(11(4)12-6-7-12)8-14-16-9-17-18(14)10(2)3/h9-13,15H,5-8H2,1-4H3. The molecule has 1 fully saturated rings. The first-order chi connectivity index (χ1) is 8.63. The van der Waals surface area contributed by atoms with Crippen LogP contribution in [0.4, 0.5) is 0 Å². The predicted octanol–water partition coefficient (Wildman–Crippen LogP) is 2.43. The molecule has 1 saturated carbocycles. The van der Waals surface area contributed by atoms with Crippen LogP contribution in [0.1, 0.15) is 52.4 Å². The van der Waals surface area contributed by atoms with Gasteiger partial charge in [-0.1, -0.05) is 13.8 Å². The average molecular weight is 250 g/mol. The Kier molecular flexibility index (Phi) is 4.38. The van der Waals surface area contributed by atoms with Gasteiger partial charge in [0.25, 0.3) is 0 Å². The van der Waals surface area contributed by atoms with Crippen molar-refractivity contribution in [1.82, 2.24) is 20.1 Å². The van der Waals surface area contributed by atoms with Gasteiger partial charge >= 0.3 is 0 Å². The maximum atomic E-state index is 4.43. The van der Waals surface area contributed by atoms with Crippen LogP contribution in [-0.2, 0) is 6.42 Å². The van der Waals surface area contributed by atoms with Crippen molar-refractivity contribution in [3.05, 3.63) is 12.2 Å². The van der Waals surface area contributed by atoms with Crippen molar-refractivity contribution >= 4 is 0 Å². The van der Waals surface area contributed by atoms with Gasteiger partial charge in [-0.2, -0.15) is 5.10 Å². The molecule has 0 amide bonds. The summed E-state index contributed by atoms with van der Waals surface area (Å²) in [4.78, 5) is 4.43. The molecule has 1 aliphatic carbocycles. The van der Waals surface area contributed by atoms with Gasteiger partial charge in [-0.3, -0.25) is 0 Å². The molecule has 1 heterocycles. The Morgan fingerprint density at radius 1 is 1.39 bits per heavy atom. The van der Waals surface area contributed by atoms with E-state index in [1.807, 2.05) is 4.68 Å². The van der Waals surface area contributed by atoms with Gasteiger partial charge in [-0.15, -0.1) is 0 Å². The minimum absolute atomic E-state index is 0.390. The van der Waals surface area contributed by atoms with Crippen LogP contribution in [0.3, 0.4) is 0 Å². The van der Waals surface area contributed by atoms with Crippen molar-refractivity contribution in [2.45, 2.75) is 59.0 Å². The van der Waals surface area contributed by atoms with E-state index in [4.69, 9.17) is 0 Å². The summed E-state index contributed by atoms with van der Waals surface area (Å²) in [7, 11) is 0. The first-order valence-electron chi connectivity index (χ1n) is 7.25. The summed E-state index contributed by atoms with van der Waals surface area (Å²) in [5, 5.41) is 7.95. The number of nitrogens with one attached hydrogen (secondary N) is 1. The third-order valence-corrected chi connectivity index (χ3v) is 4.01. The highest BCUT2D eigenvalue weighted by Gasteiger charge is 2.33. The highest BCUT2D eigenvalue weighted by Crippen LogP contribution is 2.38. The first-order valence-corrected chi connectivity index (χ1v) is 7.25. The zero-order chi connectivity index (χ0) is 13.1. The summed E-state index contributed by atoms with van der Waals surface area (Å²) < 4.78 is 2.05. The summed E-state index contributed by atoms with van der Waals surface area (Å²) in [6, 6.07) is 0.921. The van der Waals surface area contributed by atoms with E-state index in [-0.39, 0.29) is 0 Å². The SMILES string of the molecule is CCNC(Cc1ncnn1C(C)C)C(C)C1CC1. The zero-order valence-corrected chi connectivity index (χ0v) is 12.1. The molecule has 2 rings (SSSR count). The maximum absolute atomic E-state index is 4.43. The van der Waals surface area contributed by atoms with E-state index in [1.54, 1.807) is 6.33 Å². The van der Waals surface area contributed by atoms with Gasteiger partial charge in [0.15, 0.2) is 0 Å². The number of aromatic nitrogens is 3. The van der Waals surface area contributed by atoms with E-state index in [0.29, 0.717) is 12.1 Å². The molecule has 0 spiro atoms. The fourth-order valence-corrected chi connectivity index (χ4v) is 2.70. The highest BCUT2D eigenvalue weighted by atomic mass is 15.3. The Morgan fingerprint density at radius 2 is 2.11 bits per heavy atom. The summed E-state index contributed by atoms with van der Waals surface area (Å²) in [6.07, 6.45) is 5.48. The number of likely N-dealkylation sites (N-methyl/N-ethyl adjacent to an activating group) is 1. The minimum atomic E-state index is 0.390. The maximum Gasteiger partial charge on any atom is 0.138 e. The normalized spacial score (nSPS) is 19.2. The smallest absolute Gasteiger partial charge is 0.138 e. The topological polar surface area (TPSA) is 42.7 Å². The van der Waals surface area contributed by atoms with Crippen LogP contribution in [0.25, 0.3) is 0 Å². The van der Waals surface area contributed by atoms with E-state index in [0.717, 1.165) is 30.6 Å². The van der Waals surface area contributed by atoms with E-state index >= 15 is 0 Å². The second kappa shape index (κ2) is 5.83.